The molecule has 0 radical (unpaired) electrons. The largest absolute Gasteiger partial charge is 0.481 e. The van der Waals surface area contributed by atoms with E-state index in [2.05, 4.69) is 17.1 Å². The van der Waals surface area contributed by atoms with E-state index in [1.165, 1.54) is 25.9 Å². The smallest absolute Gasteiger partial charge is 0.307 e. The Morgan fingerprint density at radius 1 is 1.33 bits per heavy atom. The molecule has 0 bridgehead atoms. The van der Waals surface area contributed by atoms with Gasteiger partial charge in [-0.3, -0.25) is 9.59 Å². The fourth-order valence-corrected chi connectivity index (χ4v) is 2.63. The molecule has 5 nitrogen and oxygen atoms in total. The van der Waals surface area contributed by atoms with E-state index >= 15 is 0 Å². The number of likely N-dealkylation sites (tertiary alicyclic amines) is 1. The Hall–Kier alpha value is -1.10. The first-order valence-electron chi connectivity index (χ1n) is 6.81. The molecular weight excluding hydrogens is 232 g/mol. The monoisotopic (exact) mass is 254 g/mol. The molecule has 18 heavy (non-hydrogen) atoms. The number of carbonyl (C=O) groups is 2. The van der Waals surface area contributed by atoms with Crippen LogP contribution in [0, 0.1) is 17.8 Å². The first kappa shape index (κ1) is 13.3. The molecule has 2 aliphatic rings. The number of carboxylic acid groups (broad SMARTS) is 1. The summed E-state index contributed by atoms with van der Waals surface area (Å²) in [5.41, 5.74) is 0. The Morgan fingerprint density at radius 3 is 2.56 bits per heavy atom. The van der Waals surface area contributed by atoms with E-state index in [0.29, 0.717) is 18.9 Å². The summed E-state index contributed by atoms with van der Waals surface area (Å²) in [6.07, 6.45) is 3.06. The van der Waals surface area contributed by atoms with Gasteiger partial charge in [-0.15, -0.1) is 0 Å². The molecule has 0 spiro atoms. The first-order valence-corrected chi connectivity index (χ1v) is 6.81. The number of hydrogen-bond acceptors (Lipinski definition) is 3. The molecule has 0 aromatic carbocycles. The highest BCUT2D eigenvalue weighted by Crippen LogP contribution is 2.38. The molecule has 2 fully saturated rings. The fourth-order valence-electron chi connectivity index (χ4n) is 2.63. The Morgan fingerprint density at radius 2 is 2.00 bits per heavy atom. The van der Waals surface area contributed by atoms with Gasteiger partial charge in [0.15, 0.2) is 0 Å². The van der Waals surface area contributed by atoms with Crippen LogP contribution in [0.2, 0.25) is 0 Å². The summed E-state index contributed by atoms with van der Waals surface area (Å²) in [6.45, 7) is 6.13. The number of nitrogens with zero attached hydrogens (tertiary/aromatic N) is 1. The highest BCUT2D eigenvalue weighted by molar-refractivity contribution is 5.89. The molecule has 0 aromatic heterocycles. The molecule has 3 atom stereocenters. The van der Waals surface area contributed by atoms with Crippen molar-refractivity contribution >= 4 is 11.9 Å². The summed E-state index contributed by atoms with van der Waals surface area (Å²) in [5, 5.41) is 11.6. The molecule has 1 aliphatic carbocycles. The molecule has 1 saturated carbocycles. The van der Waals surface area contributed by atoms with Gasteiger partial charge in [0, 0.05) is 13.1 Å². The van der Waals surface area contributed by atoms with Crippen LogP contribution in [0.15, 0.2) is 0 Å². The van der Waals surface area contributed by atoms with Gasteiger partial charge in [-0.2, -0.15) is 0 Å². The summed E-state index contributed by atoms with van der Waals surface area (Å²) in [7, 11) is 0. The molecule has 1 amide bonds. The third kappa shape index (κ3) is 3.45. The van der Waals surface area contributed by atoms with E-state index in [9.17, 15) is 9.59 Å². The van der Waals surface area contributed by atoms with Gasteiger partial charge in [-0.1, -0.05) is 6.92 Å². The molecule has 1 heterocycles. The lowest BCUT2D eigenvalue weighted by molar-refractivity contribution is -0.140. The van der Waals surface area contributed by atoms with Gasteiger partial charge in [-0.05, 0) is 38.3 Å². The minimum atomic E-state index is -0.847. The lowest BCUT2D eigenvalue weighted by Gasteiger charge is -2.20. The number of amides is 1. The number of nitrogens with one attached hydrogen (secondary N) is 1. The zero-order chi connectivity index (χ0) is 13.1. The summed E-state index contributed by atoms with van der Waals surface area (Å²) in [5.74, 6) is -1.25. The van der Waals surface area contributed by atoms with E-state index in [1.807, 2.05) is 0 Å². The van der Waals surface area contributed by atoms with Crippen molar-refractivity contribution in [2.24, 2.45) is 17.8 Å². The summed E-state index contributed by atoms with van der Waals surface area (Å²) in [4.78, 5) is 24.8. The van der Waals surface area contributed by atoms with E-state index < -0.39 is 11.9 Å². The second-order valence-corrected chi connectivity index (χ2v) is 5.64. The highest BCUT2D eigenvalue weighted by Gasteiger charge is 2.48. The van der Waals surface area contributed by atoms with E-state index in [4.69, 9.17) is 5.11 Å². The average Bonchev–Trinajstić information content (AvgIpc) is 2.99. The van der Waals surface area contributed by atoms with Crippen LogP contribution in [0.25, 0.3) is 0 Å². The zero-order valence-electron chi connectivity index (χ0n) is 10.9. The van der Waals surface area contributed by atoms with Crippen LogP contribution in [-0.4, -0.2) is 48.1 Å². The van der Waals surface area contributed by atoms with Crippen LogP contribution in [0.1, 0.15) is 26.2 Å². The van der Waals surface area contributed by atoms with Crippen molar-refractivity contribution in [2.75, 3.05) is 26.2 Å². The number of rotatable bonds is 6. The molecule has 0 aromatic rings. The topological polar surface area (TPSA) is 69.6 Å². The van der Waals surface area contributed by atoms with Crippen molar-refractivity contribution in [2.45, 2.75) is 26.2 Å². The molecule has 102 valence electrons. The standard InChI is InChI=1S/C13H22N2O3/c1-9(8-15-4-2-3-5-15)7-14-12(16)10-6-11(10)13(17)18/h9-11H,2-8H2,1H3,(H,14,16)(H,17,18). The van der Waals surface area contributed by atoms with Crippen molar-refractivity contribution in [3.05, 3.63) is 0 Å². The molecule has 2 rings (SSSR count). The zero-order valence-corrected chi connectivity index (χ0v) is 10.9. The van der Waals surface area contributed by atoms with Crippen molar-refractivity contribution in [3.8, 4) is 0 Å². The van der Waals surface area contributed by atoms with Crippen LogP contribution in [0.5, 0.6) is 0 Å². The Balaban J connectivity index is 1.62. The lowest BCUT2D eigenvalue weighted by atomic mass is 10.1. The second-order valence-electron chi connectivity index (χ2n) is 5.64. The lowest BCUT2D eigenvalue weighted by Crippen LogP contribution is -2.35. The van der Waals surface area contributed by atoms with Crippen LogP contribution in [0.4, 0.5) is 0 Å². The maximum atomic E-state index is 11.7. The van der Waals surface area contributed by atoms with Gasteiger partial charge in [0.25, 0.3) is 0 Å². The Bertz CT molecular complexity index is 326. The van der Waals surface area contributed by atoms with E-state index in [0.717, 1.165) is 6.54 Å². The van der Waals surface area contributed by atoms with E-state index in [-0.39, 0.29) is 11.8 Å². The molecular formula is C13H22N2O3. The maximum Gasteiger partial charge on any atom is 0.307 e. The van der Waals surface area contributed by atoms with Crippen molar-refractivity contribution in [1.29, 1.82) is 0 Å². The van der Waals surface area contributed by atoms with Crippen molar-refractivity contribution in [3.63, 3.8) is 0 Å². The summed E-state index contributed by atoms with van der Waals surface area (Å²) >= 11 is 0. The van der Waals surface area contributed by atoms with Crippen molar-refractivity contribution in [1.82, 2.24) is 10.2 Å². The van der Waals surface area contributed by atoms with Gasteiger partial charge >= 0.3 is 5.97 Å². The highest BCUT2D eigenvalue weighted by atomic mass is 16.4. The number of carbonyl (C=O) groups excluding carboxylic acids is 1. The Labute approximate surface area is 108 Å². The van der Waals surface area contributed by atoms with Crippen LogP contribution >= 0.6 is 0 Å². The fraction of sp³-hybridized carbons (Fsp3) is 0.846. The van der Waals surface area contributed by atoms with E-state index in [1.54, 1.807) is 0 Å². The third-order valence-electron chi connectivity index (χ3n) is 3.84. The third-order valence-corrected chi connectivity index (χ3v) is 3.84. The first-order chi connectivity index (χ1) is 8.58. The predicted molar refractivity (Wildman–Crippen MR) is 67.1 cm³/mol. The Kier molecular flexibility index (Phi) is 4.22. The molecule has 3 unspecified atom stereocenters. The number of hydrogen-bond donors (Lipinski definition) is 2. The number of carboxylic acids is 1. The minimum absolute atomic E-state index is 0.0873. The maximum absolute atomic E-state index is 11.7. The van der Waals surface area contributed by atoms with Crippen molar-refractivity contribution < 1.29 is 14.7 Å². The molecule has 1 saturated heterocycles. The quantitative estimate of drug-likeness (QED) is 0.726. The minimum Gasteiger partial charge on any atom is -0.481 e. The summed E-state index contributed by atoms with van der Waals surface area (Å²) < 4.78 is 0. The summed E-state index contributed by atoms with van der Waals surface area (Å²) in [6, 6.07) is 0. The SMILES string of the molecule is CC(CNC(=O)C1CC1C(=O)O)CN1CCCC1. The van der Waals surface area contributed by atoms with Crippen LogP contribution < -0.4 is 5.32 Å². The predicted octanol–water partition coefficient (Wildman–Crippen LogP) is 0.555. The van der Waals surface area contributed by atoms with Crippen LogP contribution in [0.3, 0.4) is 0 Å². The second kappa shape index (κ2) is 5.69. The molecule has 1 aliphatic heterocycles. The molecule has 5 heteroatoms. The van der Waals surface area contributed by atoms with Gasteiger partial charge in [0.1, 0.15) is 0 Å². The van der Waals surface area contributed by atoms with Gasteiger partial charge in [-0.25, -0.2) is 0 Å². The molecule has 2 N–H and O–H groups in total. The van der Waals surface area contributed by atoms with Crippen LogP contribution in [-0.2, 0) is 9.59 Å². The number of aliphatic carboxylic acids is 1. The van der Waals surface area contributed by atoms with Gasteiger partial charge < -0.3 is 15.3 Å². The average molecular weight is 254 g/mol. The van der Waals surface area contributed by atoms with Gasteiger partial charge in [0.05, 0.1) is 11.8 Å². The normalized spacial score (nSPS) is 28.9. The van der Waals surface area contributed by atoms with Gasteiger partial charge in [0.2, 0.25) is 5.91 Å².